The van der Waals surface area contributed by atoms with Gasteiger partial charge in [-0.2, -0.15) is 0 Å². The monoisotopic (exact) mass is 302 g/mol. The quantitative estimate of drug-likeness (QED) is 0.358. The molecule has 0 fully saturated rings. The molecular weight excluding hydrogens is 284 g/mol. The van der Waals surface area contributed by atoms with E-state index in [0.717, 1.165) is 27.2 Å². The molecule has 1 aliphatic heterocycles. The third kappa shape index (κ3) is 2.19. The van der Waals surface area contributed by atoms with Crippen molar-refractivity contribution in [1.82, 2.24) is 14.9 Å². The van der Waals surface area contributed by atoms with Gasteiger partial charge in [0.2, 0.25) is 0 Å². The van der Waals surface area contributed by atoms with Gasteiger partial charge < -0.3 is 14.6 Å². The van der Waals surface area contributed by atoms with E-state index in [1.54, 1.807) is 4.90 Å². The van der Waals surface area contributed by atoms with E-state index in [0.29, 0.717) is 6.54 Å². The van der Waals surface area contributed by atoms with Crippen LogP contribution in [0, 0.1) is 0 Å². The van der Waals surface area contributed by atoms with Gasteiger partial charge in [0.1, 0.15) is 5.92 Å². The lowest BCUT2D eigenvalue weighted by Crippen LogP contribution is -2.48. The maximum absolute atomic E-state index is 12.2. The number of nitrogens with two attached hydrogens (primary N) is 1. The number of nitrogens with one attached hydrogen (secondary N) is 1. The summed E-state index contributed by atoms with van der Waals surface area (Å²) in [4.78, 5) is 29.2. The molecule has 1 aromatic heterocycles. The van der Waals surface area contributed by atoms with Crippen LogP contribution >= 0.6 is 0 Å². The predicted octanol–water partition coefficient (Wildman–Crippen LogP) is 1.17. The van der Waals surface area contributed by atoms with E-state index >= 15 is 0 Å². The fourth-order valence-corrected chi connectivity index (χ4v) is 3.01. The Morgan fingerprint density at radius 2 is 2.14 bits per heavy atom. The molecule has 0 spiro atoms. The average Bonchev–Trinajstić information content (AvgIpc) is 2.90. The molecule has 0 aliphatic carbocycles. The summed E-state index contributed by atoms with van der Waals surface area (Å²) >= 11 is 0. The van der Waals surface area contributed by atoms with E-state index in [2.05, 4.69) is 4.98 Å². The second-order valence-electron chi connectivity index (χ2n) is 5.41. The van der Waals surface area contributed by atoms with Crippen LogP contribution in [0.5, 0.6) is 0 Å². The van der Waals surface area contributed by atoms with Crippen molar-refractivity contribution < 1.29 is 14.3 Å². The van der Waals surface area contributed by atoms with E-state index in [1.807, 2.05) is 24.3 Å². The topological polar surface area (TPSA) is 91.7 Å². The van der Waals surface area contributed by atoms with Gasteiger partial charge in [-0.05, 0) is 11.6 Å². The highest BCUT2D eigenvalue weighted by molar-refractivity contribution is 5.92. The second-order valence-corrected chi connectivity index (χ2v) is 5.41. The normalized spacial score (nSPS) is 17.2. The van der Waals surface area contributed by atoms with Crippen LogP contribution in [0.4, 0.5) is 4.79 Å². The van der Waals surface area contributed by atoms with Gasteiger partial charge in [-0.25, -0.2) is 10.6 Å². The molecule has 3 rings (SSSR count). The summed E-state index contributed by atoms with van der Waals surface area (Å²) in [5, 5.41) is 2.00. The number of rotatable bonds is 1. The molecule has 22 heavy (non-hydrogen) atoms. The van der Waals surface area contributed by atoms with Crippen LogP contribution in [0.25, 0.3) is 10.9 Å². The first-order chi connectivity index (χ1) is 10.5. The standard InChI is InChI=1S/C15H18N4O3/c1-18(16)15(21)19-7-10(14(20)22-2)13-9-5-3-4-6-11(9)17-12(13)8-19/h3-6,10,17H,7-8,16H2,1-2H3. The van der Waals surface area contributed by atoms with Crippen LogP contribution in [0.3, 0.4) is 0 Å². The first-order valence-electron chi connectivity index (χ1n) is 6.97. The number of carbonyl (C=O) groups excluding carboxylic acids is 2. The van der Waals surface area contributed by atoms with Crippen molar-refractivity contribution in [2.75, 3.05) is 20.7 Å². The first-order valence-corrected chi connectivity index (χ1v) is 6.97. The van der Waals surface area contributed by atoms with Crippen molar-refractivity contribution in [1.29, 1.82) is 0 Å². The number of urea groups is 1. The first kappa shape index (κ1) is 14.4. The highest BCUT2D eigenvalue weighted by atomic mass is 16.5. The number of H-pyrrole nitrogens is 1. The molecule has 1 atom stereocenters. The van der Waals surface area contributed by atoms with Crippen LogP contribution < -0.4 is 5.84 Å². The van der Waals surface area contributed by atoms with Crippen LogP contribution in [-0.2, 0) is 16.1 Å². The number of amides is 2. The third-order valence-electron chi connectivity index (χ3n) is 3.99. The lowest BCUT2D eigenvalue weighted by molar-refractivity contribution is -0.143. The van der Waals surface area contributed by atoms with E-state index < -0.39 is 5.92 Å². The minimum absolute atomic E-state index is 0.252. The summed E-state index contributed by atoms with van der Waals surface area (Å²) in [5.41, 5.74) is 2.70. The zero-order chi connectivity index (χ0) is 15.9. The Morgan fingerprint density at radius 1 is 1.41 bits per heavy atom. The number of esters is 1. The number of aromatic amines is 1. The number of methoxy groups -OCH3 is 1. The third-order valence-corrected chi connectivity index (χ3v) is 3.99. The van der Waals surface area contributed by atoms with Crippen LogP contribution in [0.15, 0.2) is 24.3 Å². The molecule has 2 amide bonds. The molecule has 116 valence electrons. The highest BCUT2D eigenvalue weighted by Gasteiger charge is 2.36. The van der Waals surface area contributed by atoms with Crippen molar-refractivity contribution in [3.8, 4) is 0 Å². The molecule has 1 aromatic carbocycles. The molecule has 2 heterocycles. The van der Waals surface area contributed by atoms with Crippen molar-refractivity contribution in [2.24, 2.45) is 5.84 Å². The molecular formula is C15H18N4O3. The molecule has 0 radical (unpaired) electrons. The van der Waals surface area contributed by atoms with Gasteiger partial charge in [-0.1, -0.05) is 18.2 Å². The molecule has 7 nitrogen and oxygen atoms in total. The fourth-order valence-electron chi connectivity index (χ4n) is 3.01. The van der Waals surface area contributed by atoms with Crippen molar-refractivity contribution >= 4 is 22.9 Å². The lowest BCUT2D eigenvalue weighted by atomic mass is 9.92. The van der Waals surface area contributed by atoms with E-state index in [1.165, 1.54) is 14.2 Å². The zero-order valence-electron chi connectivity index (χ0n) is 12.5. The summed E-state index contributed by atoms with van der Waals surface area (Å²) in [6.45, 7) is 0.639. The van der Waals surface area contributed by atoms with Gasteiger partial charge >= 0.3 is 12.0 Å². The maximum Gasteiger partial charge on any atom is 0.334 e. The number of nitrogens with zero attached hydrogens (tertiary/aromatic N) is 2. The van der Waals surface area contributed by atoms with Crippen molar-refractivity contribution in [2.45, 2.75) is 12.5 Å². The Kier molecular flexibility index (Phi) is 3.50. The molecule has 2 aromatic rings. The molecule has 1 aliphatic rings. The van der Waals surface area contributed by atoms with Gasteiger partial charge in [0, 0.05) is 30.2 Å². The minimum Gasteiger partial charge on any atom is -0.468 e. The van der Waals surface area contributed by atoms with Gasteiger partial charge in [-0.15, -0.1) is 0 Å². The summed E-state index contributed by atoms with van der Waals surface area (Å²) in [6, 6.07) is 7.43. The summed E-state index contributed by atoms with van der Waals surface area (Å²) in [5.74, 6) is 4.65. The molecule has 3 N–H and O–H groups in total. The number of hydrogen-bond donors (Lipinski definition) is 2. The molecule has 0 saturated carbocycles. The number of fused-ring (bicyclic) bond motifs is 3. The second kappa shape index (κ2) is 5.34. The Hall–Kier alpha value is -2.54. The number of para-hydroxylation sites is 1. The van der Waals surface area contributed by atoms with E-state index in [9.17, 15) is 9.59 Å². The Balaban J connectivity index is 2.10. The number of carbonyl (C=O) groups is 2. The van der Waals surface area contributed by atoms with E-state index in [-0.39, 0.29) is 18.5 Å². The molecule has 7 heteroatoms. The Labute approximate surface area is 127 Å². The van der Waals surface area contributed by atoms with Crippen molar-refractivity contribution in [3.63, 3.8) is 0 Å². The van der Waals surface area contributed by atoms with Gasteiger partial charge in [0.05, 0.1) is 13.7 Å². The van der Waals surface area contributed by atoms with Gasteiger partial charge in [-0.3, -0.25) is 9.80 Å². The fraction of sp³-hybridized carbons (Fsp3) is 0.333. The number of ether oxygens (including phenoxy) is 1. The van der Waals surface area contributed by atoms with Gasteiger partial charge in [0.25, 0.3) is 0 Å². The van der Waals surface area contributed by atoms with Crippen LogP contribution in [-0.4, -0.2) is 47.6 Å². The van der Waals surface area contributed by atoms with Crippen molar-refractivity contribution in [3.05, 3.63) is 35.5 Å². The summed E-state index contributed by atoms with van der Waals surface area (Å²) < 4.78 is 4.92. The number of hydrogen-bond acceptors (Lipinski definition) is 4. The molecule has 0 bridgehead atoms. The Morgan fingerprint density at radius 3 is 2.82 bits per heavy atom. The SMILES string of the molecule is COC(=O)C1CN(C(=O)N(C)N)Cc2[nH]c3ccccc3c21. The smallest absolute Gasteiger partial charge is 0.334 e. The predicted molar refractivity (Wildman–Crippen MR) is 80.8 cm³/mol. The zero-order valence-corrected chi connectivity index (χ0v) is 12.5. The summed E-state index contributed by atoms with van der Waals surface area (Å²) in [6.07, 6.45) is 0. The molecule has 1 unspecified atom stereocenters. The Bertz CT molecular complexity index is 737. The van der Waals surface area contributed by atoms with Crippen LogP contribution in [0.2, 0.25) is 0 Å². The number of benzene rings is 1. The minimum atomic E-state index is -0.520. The van der Waals surface area contributed by atoms with Gasteiger partial charge in [0.15, 0.2) is 0 Å². The van der Waals surface area contributed by atoms with E-state index in [4.69, 9.17) is 10.6 Å². The number of aromatic nitrogens is 1. The molecule has 0 saturated heterocycles. The largest absolute Gasteiger partial charge is 0.468 e. The maximum atomic E-state index is 12.2. The van der Waals surface area contributed by atoms with Crippen LogP contribution in [0.1, 0.15) is 17.2 Å². The number of hydrazine groups is 1. The average molecular weight is 302 g/mol. The lowest BCUT2D eigenvalue weighted by Gasteiger charge is -2.33. The summed E-state index contributed by atoms with van der Waals surface area (Å²) in [7, 11) is 2.84. The highest BCUT2D eigenvalue weighted by Crippen LogP contribution is 2.35.